The van der Waals surface area contributed by atoms with E-state index in [9.17, 15) is 4.79 Å². The number of rotatable bonds is 4. The molecule has 0 aliphatic heterocycles. The molecular weight excluding hydrogens is 254 g/mol. The van der Waals surface area contributed by atoms with Crippen LogP contribution in [0.4, 0.5) is 5.69 Å². The lowest BCUT2D eigenvalue weighted by Crippen LogP contribution is -2.14. The van der Waals surface area contributed by atoms with E-state index in [0.29, 0.717) is 11.4 Å². The molecule has 5 heteroatoms. The second-order valence-corrected chi connectivity index (χ2v) is 4.68. The van der Waals surface area contributed by atoms with Crippen LogP contribution in [-0.2, 0) is 0 Å². The van der Waals surface area contributed by atoms with Gasteiger partial charge in [0.15, 0.2) is 5.69 Å². The molecule has 20 heavy (non-hydrogen) atoms. The predicted molar refractivity (Wildman–Crippen MR) is 77.1 cm³/mol. The zero-order chi connectivity index (χ0) is 14.5. The minimum absolute atomic E-state index is 0.289. The highest BCUT2D eigenvalue weighted by atomic mass is 16.5. The Balaban J connectivity index is 2.11. The van der Waals surface area contributed by atoms with Crippen molar-refractivity contribution in [3.05, 3.63) is 47.8 Å². The van der Waals surface area contributed by atoms with Crippen molar-refractivity contribution in [2.75, 3.05) is 12.4 Å². The molecule has 1 heterocycles. The van der Waals surface area contributed by atoms with Gasteiger partial charge in [0, 0.05) is 11.8 Å². The van der Waals surface area contributed by atoms with Gasteiger partial charge in [-0.15, -0.1) is 5.10 Å². The van der Waals surface area contributed by atoms with Crippen molar-refractivity contribution in [2.24, 2.45) is 0 Å². The predicted octanol–water partition coefficient (Wildman–Crippen LogP) is 2.86. The number of carbonyl (C=O) groups excluding carboxylic acids is 1. The molecule has 0 saturated carbocycles. The minimum Gasteiger partial charge on any atom is -0.497 e. The highest BCUT2D eigenvalue weighted by Gasteiger charge is 2.10. The number of amides is 1. The minimum atomic E-state index is -0.291. The Labute approximate surface area is 118 Å². The molecule has 0 radical (unpaired) electrons. The first-order chi connectivity index (χ1) is 9.60. The summed E-state index contributed by atoms with van der Waals surface area (Å²) in [5.74, 6) is 0.683. The summed E-state index contributed by atoms with van der Waals surface area (Å²) in [6.45, 7) is 4.06. The second-order valence-electron chi connectivity index (χ2n) is 4.68. The molecule has 2 rings (SSSR count). The number of hydrogen-bond donors (Lipinski definition) is 1. The first-order valence-corrected chi connectivity index (χ1v) is 6.39. The van der Waals surface area contributed by atoms with Crippen LogP contribution in [0.15, 0.2) is 36.4 Å². The summed E-state index contributed by atoms with van der Waals surface area (Å²) in [5, 5.41) is 10.7. The van der Waals surface area contributed by atoms with Crippen molar-refractivity contribution in [1.82, 2.24) is 10.2 Å². The highest BCUT2D eigenvalue weighted by molar-refractivity contribution is 6.02. The molecule has 2 aromatic rings. The summed E-state index contributed by atoms with van der Waals surface area (Å²) in [6, 6.07) is 10.6. The van der Waals surface area contributed by atoms with Crippen LogP contribution in [0, 0.1) is 0 Å². The first-order valence-electron chi connectivity index (χ1n) is 6.39. The van der Waals surface area contributed by atoms with E-state index in [4.69, 9.17) is 4.74 Å². The van der Waals surface area contributed by atoms with E-state index < -0.39 is 0 Å². The van der Waals surface area contributed by atoms with E-state index >= 15 is 0 Å². The maximum Gasteiger partial charge on any atom is 0.276 e. The standard InChI is InChI=1S/C15H17N3O2/c1-10(2)13-7-8-14(18-17-13)15(19)16-11-5-4-6-12(9-11)20-3/h4-10H,1-3H3,(H,16,19). The van der Waals surface area contributed by atoms with Crippen molar-refractivity contribution < 1.29 is 9.53 Å². The summed E-state index contributed by atoms with van der Waals surface area (Å²) in [6.07, 6.45) is 0. The molecule has 0 bridgehead atoms. The lowest BCUT2D eigenvalue weighted by Gasteiger charge is -2.07. The van der Waals surface area contributed by atoms with Crippen molar-refractivity contribution in [3.63, 3.8) is 0 Å². The molecule has 0 unspecified atom stereocenters. The molecule has 1 amide bonds. The molecule has 5 nitrogen and oxygen atoms in total. The Hall–Kier alpha value is -2.43. The number of nitrogens with one attached hydrogen (secondary N) is 1. The van der Waals surface area contributed by atoms with Gasteiger partial charge in [0.05, 0.1) is 12.8 Å². The smallest absolute Gasteiger partial charge is 0.276 e. The number of aromatic nitrogens is 2. The van der Waals surface area contributed by atoms with Gasteiger partial charge in [-0.1, -0.05) is 19.9 Å². The molecule has 1 aromatic carbocycles. The zero-order valence-corrected chi connectivity index (χ0v) is 11.8. The van der Waals surface area contributed by atoms with E-state index in [-0.39, 0.29) is 17.5 Å². The molecule has 0 fully saturated rings. The van der Waals surface area contributed by atoms with Crippen molar-refractivity contribution in [3.8, 4) is 5.75 Å². The fourth-order valence-corrected chi connectivity index (χ4v) is 1.67. The Morgan fingerprint density at radius 3 is 2.60 bits per heavy atom. The number of methoxy groups -OCH3 is 1. The lowest BCUT2D eigenvalue weighted by molar-refractivity contribution is 0.102. The van der Waals surface area contributed by atoms with Gasteiger partial charge < -0.3 is 10.1 Å². The number of anilines is 1. The lowest BCUT2D eigenvalue weighted by atomic mass is 10.1. The van der Waals surface area contributed by atoms with E-state index in [0.717, 1.165) is 5.69 Å². The van der Waals surface area contributed by atoms with Gasteiger partial charge in [0.2, 0.25) is 0 Å². The Bertz CT molecular complexity index is 594. The average Bonchev–Trinajstić information content (AvgIpc) is 2.47. The first kappa shape index (κ1) is 14.0. The Kier molecular flexibility index (Phi) is 4.30. The maximum atomic E-state index is 12.0. The van der Waals surface area contributed by atoms with Crippen molar-refractivity contribution >= 4 is 11.6 Å². The van der Waals surface area contributed by atoms with Crippen molar-refractivity contribution in [2.45, 2.75) is 19.8 Å². The van der Waals surface area contributed by atoms with Crippen LogP contribution in [0.1, 0.15) is 35.9 Å². The molecule has 0 aliphatic rings. The van der Waals surface area contributed by atoms with Gasteiger partial charge >= 0.3 is 0 Å². The number of hydrogen-bond acceptors (Lipinski definition) is 4. The molecule has 0 atom stereocenters. The number of carbonyl (C=O) groups is 1. The van der Waals surface area contributed by atoms with Crippen LogP contribution in [0.2, 0.25) is 0 Å². The van der Waals surface area contributed by atoms with E-state index in [2.05, 4.69) is 15.5 Å². The summed E-state index contributed by atoms with van der Waals surface area (Å²) in [7, 11) is 1.58. The van der Waals surface area contributed by atoms with Crippen molar-refractivity contribution in [1.29, 1.82) is 0 Å². The summed E-state index contributed by atoms with van der Waals surface area (Å²) in [4.78, 5) is 12.0. The Morgan fingerprint density at radius 2 is 2.00 bits per heavy atom. The summed E-state index contributed by atoms with van der Waals surface area (Å²) in [5.41, 5.74) is 1.81. The van der Waals surface area contributed by atoms with Gasteiger partial charge in [-0.3, -0.25) is 4.79 Å². The molecule has 1 aromatic heterocycles. The number of benzene rings is 1. The normalized spacial score (nSPS) is 10.4. The number of ether oxygens (including phenoxy) is 1. The molecule has 0 aliphatic carbocycles. The second kappa shape index (κ2) is 6.14. The van der Waals surface area contributed by atoms with Crippen LogP contribution < -0.4 is 10.1 Å². The van der Waals surface area contributed by atoms with Gasteiger partial charge in [0.1, 0.15) is 5.75 Å². The third-order valence-corrected chi connectivity index (χ3v) is 2.84. The monoisotopic (exact) mass is 271 g/mol. The fraction of sp³-hybridized carbons (Fsp3) is 0.267. The van der Waals surface area contributed by atoms with Crippen LogP contribution in [0.25, 0.3) is 0 Å². The van der Waals surface area contributed by atoms with Crippen LogP contribution in [-0.4, -0.2) is 23.2 Å². The Morgan fingerprint density at radius 1 is 1.20 bits per heavy atom. The van der Waals surface area contributed by atoms with Gasteiger partial charge in [-0.25, -0.2) is 0 Å². The molecule has 0 saturated heterocycles. The molecule has 1 N–H and O–H groups in total. The van der Waals surface area contributed by atoms with Gasteiger partial charge in [-0.05, 0) is 30.2 Å². The van der Waals surface area contributed by atoms with Gasteiger partial charge in [-0.2, -0.15) is 5.10 Å². The number of nitrogens with zero attached hydrogens (tertiary/aromatic N) is 2. The average molecular weight is 271 g/mol. The molecule has 104 valence electrons. The van der Waals surface area contributed by atoms with Crippen LogP contribution >= 0.6 is 0 Å². The van der Waals surface area contributed by atoms with Crippen LogP contribution in [0.3, 0.4) is 0 Å². The van der Waals surface area contributed by atoms with Gasteiger partial charge in [0.25, 0.3) is 5.91 Å². The third-order valence-electron chi connectivity index (χ3n) is 2.84. The molecule has 0 spiro atoms. The largest absolute Gasteiger partial charge is 0.497 e. The van der Waals surface area contributed by atoms with E-state index in [1.807, 2.05) is 32.0 Å². The quantitative estimate of drug-likeness (QED) is 0.928. The summed E-state index contributed by atoms with van der Waals surface area (Å²) >= 11 is 0. The van der Waals surface area contributed by atoms with E-state index in [1.54, 1.807) is 25.3 Å². The zero-order valence-electron chi connectivity index (χ0n) is 11.8. The SMILES string of the molecule is COc1cccc(NC(=O)c2ccc(C(C)C)nn2)c1. The van der Waals surface area contributed by atoms with Crippen LogP contribution in [0.5, 0.6) is 5.75 Å². The third kappa shape index (κ3) is 3.32. The topological polar surface area (TPSA) is 64.1 Å². The van der Waals surface area contributed by atoms with E-state index in [1.165, 1.54) is 0 Å². The highest BCUT2D eigenvalue weighted by Crippen LogP contribution is 2.17. The molecular formula is C15H17N3O2. The maximum absolute atomic E-state index is 12.0. The fourth-order valence-electron chi connectivity index (χ4n) is 1.67. The summed E-state index contributed by atoms with van der Waals surface area (Å²) < 4.78 is 5.10.